The van der Waals surface area contributed by atoms with E-state index in [2.05, 4.69) is 4.98 Å². The van der Waals surface area contributed by atoms with Gasteiger partial charge < -0.3 is 15.8 Å². The van der Waals surface area contributed by atoms with Crippen molar-refractivity contribution in [2.45, 2.75) is 0 Å². The van der Waals surface area contributed by atoms with Crippen molar-refractivity contribution in [3.05, 3.63) is 51.4 Å². The second-order valence-corrected chi connectivity index (χ2v) is 4.83. The lowest BCUT2D eigenvalue weighted by Crippen LogP contribution is -2.10. The Labute approximate surface area is 123 Å². The van der Waals surface area contributed by atoms with E-state index >= 15 is 0 Å². The number of hydrogen-bond acceptors (Lipinski definition) is 4. The predicted molar refractivity (Wildman–Crippen MR) is 79.7 cm³/mol. The summed E-state index contributed by atoms with van der Waals surface area (Å²) >= 11 is 6.18. The maximum Gasteiger partial charge on any atom is 0.270 e. The number of nitrogens with zero attached hydrogens (tertiary/aromatic N) is 2. The highest BCUT2D eigenvalue weighted by Gasteiger charge is 2.18. The number of nitriles is 1. The van der Waals surface area contributed by atoms with Crippen molar-refractivity contribution in [1.29, 1.82) is 5.26 Å². The molecule has 0 bridgehead atoms. The highest BCUT2D eigenvalue weighted by molar-refractivity contribution is 6.31. The van der Waals surface area contributed by atoms with E-state index in [1.165, 1.54) is 10.6 Å². The van der Waals surface area contributed by atoms with Gasteiger partial charge >= 0.3 is 0 Å². The zero-order valence-corrected chi connectivity index (χ0v) is 11.3. The van der Waals surface area contributed by atoms with E-state index in [1.807, 2.05) is 0 Å². The number of hydrogen-bond donors (Lipinski definition) is 3. The molecule has 6 nitrogen and oxygen atoms in total. The van der Waals surface area contributed by atoms with Gasteiger partial charge in [0.1, 0.15) is 16.7 Å². The van der Waals surface area contributed by atoms with Crippen molar-refractivity contribution >= 4 is 28.3 Å². The number of pyridine rings is 1. The van der Waals surface area contributed by atoms with Crippen LogP contribution in [0.1, 0.15) is 5.56 Å². The fourth-order valence-electron chi connectivity index (χ4n) is 2.20. The average Bonchev–Trinajstić information content (AvgIpc) is 2.76. The smallest absolute Gasteiger partial charge is 0.270 e. The minimum absolute atomic E-state index is 0.265. The van der Waals surface area contributed by atoms with Crippen LogP contribution in [0.4, 0.5) is 5.69 Å². The van der Waals surface area contributed by atoms with Crippen molar-refractivity contribution in [1.82, 2.24) is 9.55 Å². The normalized spacial score (nSPS) is 10.7. The first kappa shape index (κ1) is 13.1. The Morgan fingerprint density at radius 3 is 2.62 bits per heavy atom. The molecule has 0 aliphatic carbocycles. The van der Waals surface area contributed by atoms with Gasteiger partial charge in [0.05, 0.1) is 5.52 Å². The van der Waals surface area contributed by atoms with Crippen LogP contribution >= 0.6 is 11.6 Å². The Bertz CT molecular complexity index is 948. The lowest BCUT2D eigenvalue weighted by Gasteiger charge is -2.09. The number of H-pyrrole nitrogens is 1. The summed E-state index contributed by atoms with van der Waals surface area (Å²) in [6.07, 6.45) is 0. The number of nitrogens with one attached hydrogen (secondary N) is 1. The van der Waals surface area contributed by atoms with E-state index in [0.29, 0.717) is 16.9 Å². The number of aromatic amines is 1. The largest absolute Gasteiger partial charge is 0.504 e. The SMILES string of the molecule is N#Cc1c(O)c2c(cc(Cl)n2-c2ccc(N)cc2)[nH]c1=O. The first-order valence-corrected chi connectivity index (χ1v) is 6.33. The van der Waals surface area contributed by atoms with Crippen LogP contribution < -0.4 is 11.3 Å². The number of halogens is 1. The fourth-order valence-corrected chi connectivity index (χ4v) is 2.49. The molecule has 0 unspecified atom stereocenters. The van der Waals surface area contributed by atoms with E-state index in [-0.39, 0.29) is 16.2 Å². The Kier molecular flexibility index (Phi) is 2.85. The summed E-state index contributed by atoms with van der Waals surface area (Å²) in [5.74, 6) is -0.403. The molecule has 0 aliphatic heterocycles. The van der Waals surface area contributed by atoms with Gasteiger partial charge in [-0.3, -0.25) is 9.36 Å². The van der Waals surface area contributed by atoms with E-state index in [1.54, 1.807) is 30.3 Å². The third kappa shape index (κ3) is 1.91. The molecule has 2 aromatic heterocycles. The van der Waals surface area contributed by atoms with Gasteiger partial charge in [-0.25, -0.2) is 0 Å². The number of benzene rings is 1. The minimum atomic E-state index is -0.659. The third-order valence-electron chi connectivity index (χ3n) is 3.16. The summed E-state index contributed by atoms with van der Waals surface area (Å²) in [6, 6.07) is 10.0. The number of aromatic hydroxyl groups is 1. The molecule has 4 N–H and O–H groups in total. The highest BCUT2D eigenvalue weighted by Crippen LogP contribution is 2.33. The lowest BCUT2D eigenvalue weighted by molar-refractivity contribution is 0.476. The molecule has 7 heteroatoms. The second kappa shape index (κ2) is 4.58. The van der Waals surface area contributed by atoms with Gasteiger partial charge in [-0.1, -0.05) is 11.6 Å². The third-order valence-corrected chi connectivity index (χ3v) is 3.43. The van der Waals surface area contributed by atoms with Gasteiger partial charge in [-0.2, -0.15) is 5.26 Å². The van der Waals surface area contributed by atoms with Crippen LogP contribution in [-0.4, -0.2) is 14.7 Å². The minimum Gasteiger partial charge on any atom is -0.504 e. The maximum absolute atomic E-state index is 11.7. The molecule has 0 spiro atoms. The number of aromatic nitrogens is 2. The monoisotopic (exact) mass is 300 g/mol. The molecule has 21 heavy (non-hydrogen) atoms. The molecule has 0 radical (unpaired) electrons. The number of anilines is 1. The Hall–Kier alpha value is -2.91. The number of rotatable bonds is 1. The number of nitrogens with two attached hydrogens (primary N) is 1. The van der Waals surface area contributed by atoms with Crippen molar-refractivity contribution in [2.24, 2.45) is 0 Å². The van der Waals surface area contributed by atoms with Gasteiger partial charge in [-0.05, 0) is 30.3 Å². The predicted octanol–water partition coefficient (Wildman–Crippen LogP) is 2.13. The Morgan fingerprint density at radius 1 is 1.33 bits per heavy atom. The van der Waals surface area contributed by atoms with Gasteiger partial charge in [0.15, 0.2) is 11.3 Å². The molecule has 0 saturated carbocycles. The van der Waals surface area contributed by atoms with E-state index in [4.69, 9.17) is 22.6 Å². The summed E-state index contributed by atoms with van der Waals surface area (Å²) in [6.45, 7) is 0. The number of nitrogen functional groups attached to an aromatic ring is 1. The van der Waals surface area contributed by atoms with Crippen LogP contribution in [0, 0.1) is 11.3 Å². The molecule has 0 amide bonds. The molecule has 0 atom stereocenters. The van der Waals surface area contributed by atoms with Crippen LogP contribution in [0.2, 0.25) is 5.15 Å². The Balaban J connectivity index is 2.43. The standard InChI is InChI=1S/C14H9ClN4O2/c15-11-5-10-12(13(20)9(6-16)14(21)18-10)19(11)8-3-1-7(17)2-4-8/h1-5H,17H2,(H2,18,20,21). The van der Waals surface area contributed by atoms with Gasteiger partial charge in [0.2, 0.25) is 0 Å². The van der Waals surface area contributed by atoms with E-state index in [9.17, 15) is 9.90 Å². The van der Waals surface area contributed by atoms with Crippen LogP contribution in [0.15, 0.2) is 35.1 Å². The van der Waals surface area contributed by atoms with Crippen LogP contribution in [0.3, 0.4) is 0 Å². The van der Waals surface area contributed by atoms with E-state index in [0.717, 1.165) is 0 Å². The fraction of sp³-hybridized carbons (Fsp3) is 0. The molecular weight excluding hydrogens is 292 g/mol. The summed E-state index contributed by atoms with van der Waals surface area (Å²) in [5, 5.41) is 19.5. The molecule has 1 aromatic carbocycles. The van der Waals surface area contributed by atoms with Gasteiger partial charge in [0.25, 0.3) is 5.56 Å². The average molecular weight is 301 g/mol. The molecule has 2 heterocycles. The van der Waals surface area contributed by atoms with Crippen LogP contribution in [-0.2, 0) is 0 Å². The lowest BCUT2D eigenvalue weighted by atomic mass is 10.2. The first-order chi connectivity index (χ1) is 10.0. The van der Waals surface area contributed by atoms with Crippen molar-refractivity contribution < 1.29 is 5.11 Å². The molecule has 0 saturated heterocycles. The topological polar surface area (TPSA) is 108 Å². The van der Waals surface area contributed by atoms with Crippen molar-refractivity contribution in [2.75, 3.05) is 5.73 Å². The molecule has 0 aliphatic rings. The van der Waals surface area contributed by atoms with Crippen LogP contribution in [0.5, 0.6) is 5.75 Å². The highest BCUT2D eigenvalue weighted by atomic mass is 35.5. The van der Waals surface area contributed by atoms with Gasteiger partial charge in [0, 0.05) is 11.4 Å². The summed E-state index contributed by atoms with van der Waals surface area (Å²) < 4.78 is 1.53. The van der Waals surface area contributed by atoms with Crippen LogP contribution in [0.25, 0.3) is 16.7 Å². The summed E-state index contributed by atoms with van der Waals surface area (Å²) in [4.78, 5) is 14.2. The summed E-state index contributed by atoms with van der Waals surface area (Å²) in [7, 11) is 0. The Morgan fingerprint density at radius 2 is 2.00 bits per heavy atom. The molecule has 0 fully saturated rings. The molecular formula is C14H9ClN4O2. The van der Waals surface area contributed by atoms with Crippen molar-refractivity contribution in [3.8, 4) is 17.5 Å². The zero-order chi connectivity index (χ0) is 15.1. The first-order valence-electron chi connectivity index (χ1n) is 5.95. The molecule has 3 aromatic rings. The van der Waals surface area contributed by atoms with E-state index < -0.39 is 11.3 Å². The number of fused-ring (bicyclic) bond motifs is 1. The quantitative estimate of drug-likeness (QED) is 0.598. The maximum atomic E-state index is 11.7. The molecule has 104 valence electrons. The zero-order valence-electron chi connectivity index (χ0n) is 10.6. The van der Waals surface area contributed by atoms with Gasteiger partial charge in [-0.15, -0.1) is 0 Å². The molecule has 3 rings (SSSR count). The second-order valence-electron chi connectivity index (χ2n) is 4.45. The summed E-state index contributed by atoms with van der Waals surface area (Å²) in [5.41, 5.74) is 6.48. The van der Waals surface area contributed by atoms with Crippen molar-refractivity contribution in [3.63, 3.8) is 0 Å².